The number of ether oxygens (including phenoxy) is 3. The summed E-state index contributed by atoms with van der Waals surface area (Å²) in [4.78, 5) is 12.5. The average Bonchev–Trinajstić information content (AvgIpc) is 3.37. The molecule has 0 unspecified atom stereocenters. The number of anilines is 1. The van der Waals surface area contributed by atoms with Gasteiger partial charge in [0.15, 0.2) is 22.5 Å². The van der Waals surface area contributed by atoms with Crippen LogP contribution in [-0.4, -0.2) is 46.9 Å². The third kappa shape index (κ3) is 4.95. The summed E-state index contributed by atoms with van der Waals surface area (Å²) in [5.41, 5.74) is 2.57. The van der Waals surface area contributed by atoms with Gasteiger partial charge < -0.3 is 19.5 Å². The molecule has 0 bridgehead atoms. The number of hydrogen-bond donors (Lipinski definition) is 1. The van der Waals surface area contributed by atoms with Gasteiger partial charge in [-0.05, 0) is 13.0 Å². The Bertz CT molecular complexity index is 1100. The van der Waals surface area contributed by atoms with Crippen LogP contribution in [0.4, 0.5) is 5.69 Å². The second kappa shape index (κ2) is 9.59. The van der Waals surface area contributed by atoms with E-state index in [4.69, 9.17) is 25.8 Å². The van der Waals surface area contributed by atoms with Crippen LogP contribution in [0.3, 0.4) is 0 Å². The van der Waals surface area contributed by atoms with Gasteiger partial charge in [-0.25, -0.2) is 0 Å². The Balaban J connectivity index is 1.47. The summed E-state index contributed by atoms with van der Waals surface area (Å²) in [7, 11) is 1.64. The molecule has 2 heterocycles. The highest BCUT2D eigenvalue weighted by Crippen LogP contribution is 2.39. The van der Waals surface area contributed by atoms with Crippen molar-refractivity contribution < 1.29 is 19.0 Å². The highest BCUT2D eigenvalue weighted by Gasteiger charge is 2.19. The van der Waals surface area contributed by atoms with Crippen molar-refractivity contribution in [2.24, 2.45) is 0 Å². The molecule has 1 amide bonds. The number of fused-ring (bicyclic) bond motifs is 1. The van der Waals surface area contributed by atoms with E-state index in [0.717, 1.165) is 17.0 Å². The number of methoxy groups -OCH3 is 1. The van der Waals surface area contributed by atoms with Crippen LogP contribution in [0.5, 0.6) is 11.5 Å². The van der Waals surface area contributed by atoms with Gasteiger partial charge in [0.05, 0.1) is 29.6 Å². The number of carbonyl (C=O) groups excluding carboxylic acids is 1. The SMILES string of the molecule is COCCn1c(SCC(=O)Nc2cc3c(cc2Cl)OCO3)nnc1-c1cccc(C)c1. The summed E-state index contributed by atoms with van der Waals surface area (Å²) in [6, 6.07) is 11.3. The summed E-state index contributed by atoms with van der Waals surface area (Å²) >= 11 is 7.54. The maximum absolute atomic E-state index is 12.5. The largest absolute Gasteiger partial charge is 0.454 e. The fourth-order valence-electron chi connectivity index (χ4n) is 3.11. The first-order valence-corrected chi connectivity index (χ1v) is 10.9. The number of rotatable bonds is 8. The van der Waals surface area contributed by atoms with Gasteiger partial charge in [0.25, 0.3) is 0 Å². The van der Waals surface area contributed by atoms with Gasteiger partial charge in [-0.3, -0.25) is 9.36 Å². The zero-order valence-electron chi connectivity index (χ0n) is 17.1. The Hall–Kier alpha value is -2.75. The zero-order chi connectivity index (χ0) is 21.8. The fraction of sp³-hybridized carbons (Fsp3) is 0.286. The number of thioether (sulfide) groups is 1. The van der Waals surface area contributed by atoms with Crippen LogP contribution in [0.1, 0.15) is 5.56 Å². The number of carbonyl (C=O) groups is 1. The van der Waals surface area contributed by atoms with Gasteiger partial charge in [-0.1, -0.05) is 47.1 Å². The van der Waals surface area contributed by atoms with Crippen LogP contribution in [0, 0.1) is 6.92 Å². The molecule has 4 rings (SSSR count). The lowest BCUT2D eigenvalue weighted by molar-refractivity contribution is -0.113. The Morgan fingerprint density at radius 3 is 2.84 bits per heavy atom. The van der Waals surface area contributed by atoms with Crippen molar-refractivity contribution in [1.29, 1.82) is 0 Å². The normalized spacial score (nSPS) is 12.2. The second-order valence-corrected chi connectivity index (χ2v) is 8.19. The van der Waals surface area contributed by atoms with E-state index in [2.05, 4.69) is 21.6 Å². The first-order valence-electron chi connectivity index (χ1n) is 9.56. The number of hydrogen-bond acceptors (Lipinski definition) is 7. The quantitative estimate of drug-likeness (QED) is 0.508. The molecule has 0 saturated heterocycles. The Morgan fingerprint density at radius 2 is 2.06 bits per heavy atom. The van der Waals surface area contributed by atoms with Crippen molar-refractivity contribution in [1.82, 2.24) is 14.8 Å². The lowest BCUT2D eigenvalue weighted by atomic mass is 10.1. The van der Waals surface area contributed by atoms with E-state index >= 15 is 0 Å². The highest BCUT2D eigenvalue weighted by molar-refractivity contribution is 7.99. The molecule has 162 valence electrons. The molecule has 1 aliphatic rings. The maximum Gasteiger partial charge on any atom is 0.234 e. The van der Waals surface area contributed by atoms with Gasteiger partial charge in [-0.15, -0.1) is 10.2 Å². The van der Waals surface area contributed by atoms with Gasteiger partial charge in [0.2, 0.25) is 12.7 Å². The summed E-state index contributed by atoms with van der Waals surface area (Å²) in [5, 5.41) is 12.5. The number of aromatic nitrogens is 3. The Kier molecular flexibility index (Phi) is 6.64. The molecule has 2 aromatic carbocycles. The van der Waals surface area contributed by atoms with Crippen LogP contribution in [0.2, 0.25) is 5.02 Å². The van der Waals surface area contributed by atoms with Crippen LogP contribution in [0.15, 0.2) is 41.6 Å². The summed E-state index contributed by atoms with van der Waals surface area (Å²) in [6.45, 7) is 3.24. The first-order chi connectivity index (χ1) is 15.0. The molecule has 0 radical (unpaired) electrons. The number of aryl methyl sites for hydroxylation is 1. The van der Waals surface area contributed by atoms with E-state index in [9.17, 15) is 4.79 Å². The molecule has 8 nitrogen and oxygen atoms in total. The standard InChI is InChI=1S/C21H21ClN4O4S/c1-13-4-3-5-14(8-13)20-24-25-21(26(20)6-7-28-2)31-11-19(27)23-16-10-18-17(9-15(16)22)29-12-30-18/h3-5,8-10H,6-7,11-12H2,1-2H3,(H,23,27). The summed E-state index contributed by atoms with van der Waals surface area (Å²) in [6.07, 6.45) is 0. The molecule has 1 aliphatic heterocycles. The smallest absolute Gasteiger partial charge is 0.234 e. The van der Waals surface area contributed by atoms with Gasteiger partial charge in [0.1, 0.15) is 0 Å². The van der Waals surface area contributed by atoms with Crippen molar-refractivity contribution in [3.63, 3.8) is 0 Å². The number of halogens is 1. The summed E-state index contributed by atoms with van der Waals surface area (Å²) < 4.78 is 17.8. The lowest BCUT2D eigenvalue weighted by Crippen LogP contribution is -2.15. The fourth-order valence-corrected chi connectivity index (χ4v) is 4.07. The number of amides is 1. The van der Waals surface area contributed by atoms with E-state index in [-0.39, 0.29) is 18.5 Å². The number of nitrogens with one attached hydrogen (secondary N) is 1. The van der Waals surface area contributed by atoms with Crippen LogP contribution in [-0.2, 0) is 16.1 Å². The van der Waals surface area contributed by atoms with Crippen molar-refractivity contribution in [3.05, 3.63) is 47.0 Å². The maximum atomic E-state index is 12.5. The van der Waals surface area contributed by atoms with E-state index in [1.54, 1.807) is 19.2 Å². The Labute approximate surface area is 188 Å². The molecule has 0 aliphatic carbocycles. The minimum atomic E-state index is -0.218. The molecule has 31 heavy (non-hydrogen) atoms. The van der Waals surface area contributed by atoms with Crippen LogP contribution < -0.4 is 14.8 Å². The van der Waals surface area contributed by atoms with Crippen molar-refractivity contribution >= 4 is 35.0 Å². The molecule has 0 spiro atoms. The highest BCUT2D eigenvalue weighted by atomic mass is 35.5. The molecular formula is C21H21ClN4O4S. The molecule has 3 aromatic rings. The number of benzene rings is 2. The van der Waals surface area contributed by atoms with Crippen molar-refractivity contribution in [2.45, 2.75) is 18.6 Å². The minimum Gasteiger partial charge on any atom is -0.454 e. The topological polar surface area (TPSA) is 87.5 Å². The molecule has 0 saturated carbocycles. The third-order valence-corrected chi connectivity index (χ3v) is 5.86. The molecule has 1 aromatic heterocycles. The monoisotopic (exact) mass is 460 g/mol. The van der Waals surface area contributed by atoms with Gasteiger partial charge in [0, 0.05) is 24.8 Å². The lowest BCUT2D eigenvalue weighted by Gasteiger charge is -2.11. The molecule has 0 atom stereocenters. The second-order valence-electron chi connectivity index (χ2n) is 6.84. The predicted octanol–water partition coefficient (Wildman–Crippen LogP) is 4.01. The molecular weight excluding hydrogens is 440 g/mol. The number of nitrogens with zero attached hydrogens (tertiary/aromatic N) is 3. The minimum absolute atomic E-state index is 0.138. The van der Waals surface area contributed by atoms with Crippen molar-refractivity contribution in [2.75, 3.05) is 31.6 Å². The van der Waals surface area contributed by atoms with E-state index < -0.39 is 0 Å². The van der Waals surface area contributed by atoms with Crippen molar-refractivity contribution in [3.8, 4) is 22.9 Å². The van der Waals surface area contributed by atoms with Gasteiger partial charge in [-0.2, -0.15) is 0 Å². The molecule has 0 fully saturated rings. The third-order valence-electron chi connectivity index (χ3n) is 4.58. The van der Waals surface area contributed by atoms with E-state index in [1.165, 1.54) is 11.8 Å². The first kappa shape index (κ1) is 21.5. The van der Waals surface area contributed by atoms with Crippen LogP contribution >= 0.6 is 23.4 Å². The zero-order valence-corrected chi connectivity index (χ0v) is 18.6. The predicted molar refractivity (Wildman–Crippen MR) is 119 cm³/mol. The summed E-state index contributed by atoms with van der Waals surface area (Å²) in [5.74, 6) is 1.78. The Morgan fingerprint density at radius 1 is 1.26 bits per heavy atom. The van der Waals surface area contributed by atoms with E-state index in [0.29, 0.717) is 40.5 Å². The van der Waals surface area contributed by atoms with Crippen LogP contribution in [0.25, 0.3) is 11.4 Å². The van der Waals surface area contributed by atoms with E-state index in [1.807, 2.05) is 29.7 Å². The average molecular weight is 461 g/mol. The van der Waals surface area contributed by atoms with Gasteiger partial charge >= 0.3 is 0 Å². The molecule has 10 heteroatoms. The molecule has 1 N–H and O–H groups in total.